The molecule has 0 saturated heterocycles. The van der Waals surface area contributed by atoms with Gasteiger partial charge in [0.25, 0.3) is 11.8 Å². The number of nitrogens with zero attached hydrogens (tertiary/aromatic N) is 2. The quantitative estimate of drug-likeness (QED) is 0.413. The van der Waals surface area contributed by atoms with Gasteiger partial charge in [-0.05, 0) is 48.5 Å². The number of fused-ring (bicyclic) bond motifs is 1. The van der Waals surface area contributed by atoms with E-state index in [2.05, 4.69) is 15.6 Å². The fraction of sp³-hybridized carbons (Fsp3) is 0.160. The van der Waals surface area contributed by atoms with Crippen molar-refractivity contribution in [1.29, 1.82) is 0 Å². The molecule has 0 aliphatic carbocycles. The van der Waals surface area contributed by atoms with Crippen LogP contribution in [0.15, 0.2) is 79.1 Å². The number of carbonyl (C=O) groups excluding carboxylic acids is 2. The summed E-state index contributed by atoms with van der Waals surface area (Å²) in [5.74, 6) is 0.677. The van der Waals surface area contributed by atoms with Gasteiger partial charge in [-0.15, -0.1) is 0 Å². The number of imidazole rings is 1. The number of ether oxygens (including phenoxy) is 2. The van der Waals surface area contributed by atoms with Crippen LogP contribution >= 0.6 is 0 Å². The van der Waals surface area contributed by atoms with Gasteiger partial charge in [0, 0.05) is 42.7 Å². The van der Waals surface area contributed by atoms with E-state index in [1.807, 2.05) is 35.0 Å². The SMILES string of the molecule is COc1cccc(NC(=O)COc2ccc(C(=O)NCCc3cn4ccccc4n3)cc2)c1. The number of hydrogen-bond donors (Lipinski definition) is 2. The Morgan fingerprint density at radius 2 is 1.85 bits per heavy atom. The lowest BCUT2D eigenvalue weighted by molar-refractivity contribution is -0.118. The van der Waals surface area contributed by atoms with Crippen LogP contribution in [0, 0.1) is 0 Å². The molecular weight excluding hydrogens is 420 g/mol. The molecule has 33 heavy (non-hydrogen) atoms. The first kappa shape index (κ1) is 21.9. The number of benzene rings is 2. The van der Waals surface area contributed by atoms with Crippen LogP contribution in [-0.4, -0.2) is 41.5 Å². The van der Waals surface area contributed by atoms with Crippen molar-refractivity contribution in [3.63, 3.8) is 0 Å². The molecule has 0 saturated carbocycles. The Bertz CT molecular complexity index is 1220. The predicted molar refractivity (Wildman–Crippen MR) is 125 cm³/mol. The van der Waals surface area contributed by atoms with Crippen LogP contribution in [0.3, 0.4) is 0 Å². The lowest BCUT2D eigenvalue weighted by atomic mass is 10.2. The second-order valence-electron chi connectivity index (χ2n) is 7.30. The summed E-state index contributed by atoms with van der Waals surface area (Å²) >= 11 is 0. The molecule has 0 atom stereocenters. The van der Waals surface area contributed by atoms with E-state index in [9.17, 15) is 9.59 Å². The number of hydrogen-bond acceptors (Lipinski definition) is 5. The minimum Gasteiger partial charge on any atom is -0.497 e. The van der Waals surface area contributed by atoms with Crippen molar-refractivity contribution in [3.05, 3.63) is 90.4 Å². The van der Waals surface area contributed by atoms with Gasteiger partial charge in [0.2, 0.25) is 0 Å². The number of methoxy groups -OCH3 is 1. The van der Waals surface area contributed by atoms with E-state index < -0.39 is 0 Å². The largest absolute Gasteiger partial charge is 0.497 e. The van der Waals surface area contributed by atoms with Crippen LogP contribution in [0.4, 0.5) is 5.69 Å². The second-order valence-corrected chi connectivity index (χ2v) is 7.30. The summed E-state index contributed by atoms with van der Waals surface area (Å²) in [4.78, 5) is 29.0. The fourth-order valence-electron chi connectivity index (χ4n) is 3.26. The van der Waals surface area contributed by atoms with Gasteiger partial charge in [-0.1, -0.05) is 12.1 Å². The highest BCUT2D eigenvalue weighted by Crippen LogP contribution is 2.17. The lowest BCUT2D eigenvalue weighted by Gasteiger charge is -2.09. The number of carbonyl (C=O) groups is 2. The molecule has 168 valence electrons. The first-order chi connectivity index (χ1) is 16.1. The molecule has 0 aliphatic heterocycles. The topological polar surface area (TPSA) is 94.0 Å². The average molecular weight is 444 g/mol. The van der Waals surface area contributed by atoms with Gasteiger partial charge in [0.05, 0.1) is 12.8 Å². The van der Waals surface area contributed by atoms with E-state index in [0.29, 0.717) is 35.7 Å². The molecule has 0 radical (unpaired) electrons. The smallest absolute Gasteiger partial charge is 0.262 e. The zero-order chi connectivity index (χ0) is 23.0. The van der Waals surface area contributed by atoms with E-state index in [1.165, 1.54) is 0 Å². The van der Waals surface area contributed by atoms with Crippen LogP contribution < -0.4 is 20.1 Å². The summed E-state index contributed by atoms with van der Waals surface area (Å²) in [6.07, 6.45) is 4.53. The van der Waals surface area contributed by atoms with Gasteiger partial charge in [0.15, 0.2) is 6.61 Å². The van der Waals surface area contributed by atoms with E-state index >= 15 is 0 Å². The van der Waals surface area contributed by atoms with Crippen molar-refractivity contribution in [2.45, 2.75) is 6.42 Å². The van der Waals surface area contributed by atoms with Gasteiger partial charge in [-0.2, -0.15) is 0 Å². The van der Waals surface area contributed by atoms with Crippen LogP contribution in [0.1, 0.15) is 16.1 Å². The Labute approximate surface area is 191 Å². The molecule has 2 heterocycles. The van der Waals surface area contributed by atoms with Crippen molar-refractivity contribution in [2.75, 3.05) is 25.6 Å². The molecule has 0 fully saturated rings. The third-order valence-corrected chi connectivity index (χ3v) is 4.92. The normalized spacial score (nSPS) is 10.6. The van der Waals surface area contributed by atoms with Crippen molar-refractivity contribution >= 4 is 23.1 Å². The molecule has 0 aliphatic rings. The van der Waals surface area contributed by atoms with Gasteiger partial charge in [-0.25, -0.2) is 4.98 Å². The van der Waals surface area contributed by atoms with Gasteiger partial charge < -0.3 is 24.5 Å². The maximum Gasteiger partial charge on any atom is 0.262 e. The standard InChI is InChI=1S/C25H24N4O4/c1-32-22-6-4-5-19(15-22)28-24(30)17-33-21-10-8-18(9-11-21)25(31)26-13-12-20-16-29-14-3-2-7-23(29)27-20/h2-11,14-16H,12-13,17H2,1H3,(H,26,31)(H,28,30). The Hall–Kier alpha value is -4.33. The predicted octanol–water partition coefficient (Wildman–Crippen LogP) is 3.33. The Balaban J connectivity index is 1.22. The number of anilines is 1. The minimum atomic E-state index is -0.294. The third kappa shape index (κ3) is 5.88. The zero-order valence-corrected chi connectivity index (χ0v) is 18.2. The maximum absolute atomic E-state index is 12.4. The molecule has 2 aromatic carbocycles. The summed E-state index contributed by atoms with van der Waals surface area (Å²) in [7, 11) is 1.56. The Kier molecular flexibility index (Phi) is 6.84. The Morgan fingerprint density at radius 3 is 2.64 bits per heavy atom. The summed E-state index contributed by atoms with van der Waals surface area (Å²) < 4.78 is 12.6. The molecule has 8 heteroatoms. The minimum absolute atomic E-state index is 0.151. The molecule has 0 bridgehead atoms. The third-order valence-electron chi connectivity index (χ3n) is 4.92. The highest BCUT2D eigenvalue weighted by atomic mass is 16.5. The first-order valence-electron chi connectivity index (χ1n) is 10.5. The fourth-order valence-corrected chi connectivity index (χ4v) is 3.26. The average Bonchev–Trinajstić information content (AvgIpc) is 3.26. The van der Waals surface area contributed by atoms with Crippen LogP contribution in [0.5, 0.6) is 11.5 Å². The summed E-state index contributed by atoms with van der Waals surface area (Å²) in [5, 5.41) is 5.64. The molecule has 2 amide bonds. The summed E-state index contributed by atoms with van der Waals surface area (Å²) in [6, 6.07) is 19.5. The number of rotatable bonds is 9. The van der Waals surface area contributed by atoms with E-state index in [-0.39, 0.29) is 18.4 Å². The number of pyridine rings is 1. The highest BCUT2D eigenvalue weighted by Gasteiger charge is 2.08. The van der Waals surface area contributed by atoms with Crippen molar-refractivity contribution in [1.82, 2.24) is 14.7 Å². The van der Waals surface area contributed by atoms with E-state index in [0.717, 1.165) is 11.3 Å². The van der Waals surface area contributed by atoms with Crippen LogP contribution in [0.25, 0.3) is 5.65 Å². The molecule has 2 aromatic heterocycles. The monoisotopic (exact) mass is 444 g/mol. The molecule has 0 unspecified atom stereocenters. The highest BCUT2D eigenvalue weighted by molar-refractivity contribution is 5.94. The molecule has 4 rings (SSSR count). The van der Waals surface area contributed by atoms with E-state index in [4.69, 9.17) is 9.47 Å². The van der Waals surface area contributed by atoms with Crippen LogP contribution in [0.2, 0.25) is 0 Å². The number of aromatic nitrogens is 2. The first-order valence-corrected chi connectivity index (χ1v) is 10.5. The molecule has 4 aromatic rings. The second kappa shape index (κ2) is 10.3. The zero-order valence-electron chi connectivity index (χ0n) is 18.2. The van der Waals surface area contributed by atoms with E-state index in [1.54, 1.807) is 55.6 Å². The molecule has 2 N–H and O–H groups in total. The maximum atomic E-state index is 12.4. The molecule has 0 spiro atoms. The van der Waals surface area contributed by atoms with Crippen molar-refractivity contribution < 1.29 is 19.1 Å². The van der Waals surface area contributed by atoms with Crippen molar-refractivity contribution in [2.24, 2.45) is 0 Å². The lowest BCUT2D eigenvalue weighted by Crippen LogP contribution is -2.25. The number of nitrogens with one attached hydrogen (secondary N) is 2. The number of amides is 2. The van der Waals surface area contributed by atoms with Gasteiger partial charge >= 0.3 is 0 Å². The molecule has 8 nitrogen and oxygen atoms in total. The van der Waals surface area contributed by atoms with Gasteiger partial charge in [-0.3, -0.25) is 9.59 Å². The molecular formula is C25H24N4O4. The van der Waals surface area contributed by atoms with Crippen LogP contribution in [-0.2, 0) is 11.2 Å². The van der Waals surface area contributed by atoms with Gasteiger partial charge in [0.1, 0.15) is 17.1 Å². The summed E-state index contributed by atoms with van der Waals surface area (Å²) in [6.45, 7) is 0.327. The van der Waals surface area contributed by atoms with Crippen molar-refractivity contribution in [3.8, 4) is 11.5 Å². The summed E-state index contributed by atoms with van der Waals surface area (Å²) in [5.41, 5.74) is 2.93. The Morgan fingerprint density at radius 1 is 1.00 bits per heavy atom.